The van der Waals surface area contributed by atoms with Crippen LogP contribution >= 0.6 is 0 Å². The predicted molar refractivity (Wildman–Crippen MR) is 176 cm³/mol. The minimum Gasteiger partial charge on any atom is -0.298 e. The highest BCUT2D eigenvalue weighted by Gasteiger charge is 2.51. The van der Waals surface area contributed by atoms with Crippen LogP contribution in [0.5, 0.6) is 0 Å². The zero-order chi connectivity index (χ0) is 29.0. The fraction of sp³-hybridized carbons (Fsp3) is 0.350. The second kappa shape index (κ2) is 8.86. The van der Waals surface area contributed by atoms with Crippen molar-refractivity contribution in [3.63, 3.8) is 0 Å². The molecule has 0 unspecified atom stereocenters. The molecule has 1 saturated carbocycles. The first-order valence-corrected chi connectivity index (χ1v) is 15.9. The lowest BCUT2D eigenvalue weighted by molar-refractivity contribution is 0.0258. The molecule has 0 heterocycles. The summed E-state index contributed by atoms with van der Waals surface area (Å²) in [5, 5.41) is 29.0. The van der Waals surface area contributed by atoms with Gasteiger partial charge in [-0.2, -0.15) is 0 Å². The fourth-order valence-electron chi connectivity index (χ4n) is 9.68. The first-order chi connectivity index (χ1) is 20.2. The first kappa shape index (κ1) is 25.9. The van der Waals surface area contributed by atoms with E-state index in [0.29, 0.717) is 22.6 Å². The maximum atomic E-state index is 9.47. The minimum absolute atomic E-state index is 0.0795. The van der Waals surface area contributed by atoms with Gasteiger partial charge in [-0.15, -0.1) is 0 Å². The molecule has 0 radical (unpaired) electrons. The van der Waals surface area contributed by atoms with Crippen molar-refractivity contribution in [1.82, 2.24) is 0 Å². The van der Waals surface area contributed by atoms with Gasteiger partial charge in [0.05, 0.1) is 10.7 Å². The standard InChI is InChI=1S/C40H40N2/c1-23(2)25-15-17-32-26(21-25)16-18-33-39(3,19-8-20-40(32,33)4)22-31-29-13-7-12-28-27-11-5-9-24-10-6-14-30(34(24)27)36(35(28)29)38(42)37(31)41/h5-7,9-15,17,21,23,33,41-42H,8,16,18-20,22H2,1-4H3/t33-,39+,40+/m0/s1. The van der Waals surface area contributed by atoms with Gasteiger partial charge in [-0.3, -0.25) is 10.8 Å². The molecule has 2 heteroatoms. The molecule has 0 spiro atoms. The van der Waals surface area contributed by atoms with Gasteiger partial charge in [-0.25, -0.2) is 0 Å². The topological polar surface area (TPSA) is 47.7 Å². The Morgan fingerprint density at radius 1 is 0.762 bits per heavy atom. The highest BCUT2D eigenvalue weighted by molar-refractivity contribution is 6.32. The van der Waals surface area contributed by atoms with Crippen molar-refractivity contribution >= 4 is 43.1 Å². The molecule has 1 fully saturated rings. The van der Waals surface area contributed by atoms with Gasteiger partial charge in [0.15, 0.2) is 0 Å². The highest BCUT2D eigenvalue weighted by atomic mass is 14.6. The third-order valence-electron chi connectivity index (χ3n) is 11.7. The Hall–Kier alpha value is -3.78. The van der Waals surface area contributed by atoms with Crippen molar-refractivity contribution in [3.05, 3.63) is 106 Å². The van der Waals surface area contributed by atoms with Gasteiger partial charge in [0, 0.05) is 5.39 Å². The Morgan fingerprint density at radius 3 is 2.21 bits per heavy atom. The Morgan fingerprint density at radius 2 is 1.45 bits per heavy atom. The fourth-order valence-corrected chi connectivity index (χ4v) is 9.68. The molecule has 0 amide bonds. The zero-order valence-corrected chi connectivity index (χ0v) is 25.3. The van der Waals surface area contributed by atoms with E-state index >= 15 is 0 Å². The highest BCUT2D eigenvalue weighted by Crippen LogP contribution is 2.58. The van der Waals surface area contributed by atoms with Gasteiger partial charge in [0.25, 0.3) is 0 Å². The number of aryl methyl sites for hydroxylation is 1. The van der Waals surface area contributed by atoms with Crippen LogP contribution in [0.2, 0.25) is 0 Å². The lowest BCUT2D eigenvalue weighted by Gasteiger charge is -2.56. The van der Waals surface area contributed by atoms with Gasteiger partial charge < -0.3 is 0 Å². The molecule has 0 aromatic heterocycles. The second-order valence-electron chi connectivity index (χ2n) is 14.3. The van der Waals surface area contributed by atoms with Crippen molar-refractivity contribution < 1.29 is 0 Å². The molecule has 0 bridgehead atoms. The molecule has 2 nitrogen and oxygen atoms in total. The normalized spacial score (nSPS) is 24.2. The van der Waals surface area contributed by atoms with E-state index in [9.17, 15) is 10.8 Å². The largest absolute Gasteiger partial charge is 0.298 e. The quantitative estimate of drug-likeness (QED) is 0.163. The van der Waals surface area contributed by atoms with E-state index in [-0.39, 0.29) is 10.8 Å². The van der Waals surface area contributed by atoms with Gasteiger partial charge >= 0.3 is 0 Å². The third-order valence-corrected chi connectivity index (χ3v) is 11.7. The lowest BCUT2D eigenvalue weighted by Crippen LogP contribution is -2.50. The molecule has 210 valence electrons. The van der Waals surface area contributed by atoms with Crippen LogP contribution in [0, 0.1) is 22.2 Å². The van der Waals surface area contributed by atoms with Gasteiger partial charge in [0.2, 0.25) is 0 Å². The predicted octanol–water partition coefficient (Wildman–Crippen LogP) is 9.51. The van der Waals surface area contributed by atoms with E-state index in [0.717, 1.165) is 29.2 Å². The summed E-state index contributed by atoms with van der Waals surface area (Å²) in [6, 6.07) is 27.0. The number of hydrogen-bond donors (Lipinski definition) is 2. The average Bonchev–Trinajstić information content (AvgIpc) is 2.98. The van der Waals surface area contributed by atoms with Crippen LogP contribution in [0.15, 0.2) is 72.8 Å². The SMILES string of the molecule is CC(C)c1ccc2c(c1)CC[C@H]1[C@@](C)(Cc3c(=N)c(=N)c4c5cccc6cccc(c7cccc3c74)c65)CCC[C@]21C. The van der Waals surface area contributed by atoms with E-state index < -0.39 is 0 Å². The minimum atomic E-state index is 0.0795. The van der Waals surface area contributed by atoms with Crippen LogP contribution in [-0.4, -0.2) is 0 Å². The van der Waals surface area contributed by atoms with Crippen LogP contribution in [-0.2, 0) is 18.3 Å². The molecule has 3 atom stereocenters. The molecule has 0 aliphatic heterocycles. The van der Waals surface area contributed by atoms with Crippen LogP contribution in [0.4, 0.5) is 0 Å². The lowest BCUT2D eigenvalue weighted by atomic mass is 9.48. The van der Waals surface area contributed by atoms with Crippen molar-refractivity contribution in [3.8, 4) is 0 Å². The third kappa shape index (κ3) is 3.38. The molecule has 42 heavy (non-hydrogen) atoms. The summed E-state index contributed by atoms with van der Waals surface area (Å²) in [4.78, 5) is 0. The summed E-state index contributed by atoms with van der Waals surface area (Å²) < 4.78 is 0. The second-order valence-corrected chi connectivity index (χ2v) is 14.3. The van der Waals surface area contributed by atoms with E-state index in [1.165, 1.54) is 63.6 Å². The Labute approximate surface area is 248 Å². The van der Waals surface area contributed by atoms with E-state index in [1.807, 2.05) is 0 Å². The molecule has 2 aliphatic rings. The van der Waals surface area contributed by atoms with Crippen LogP contribution < -0.4 is 10.7 Å². The number of hydrogen-bond acceptors (Lipinski definition) is 2. The van der Waals surface area contributed by atoms with Gasteiger partial charge in [0.1, 0.15) is 0 Å². The monoisotopic (exact) mass is 548 g/mol. The van der Waals surface area contributed by atoms with Gasteiger partial charge in [-0.1, -0.05) is 107 Å². The smallest absolute Gasteiger partial charge is 0.0877 e. The van der Waals surface area contributed by atoms with Crippen molar-refractivity contribution in [2.24, 2.45) is 11.3 Å². The summed E-state index contributed by atoms with van der Waals surface area (Å²) in [6.45, 7) is 9.64. The van der Waals surface area contributed by atoms with Crippen LogP contribution in [0.25, 0.3) is 43.1 Å². The van der Waals surface area contributed by atoms with E-state index in [4.69, 9.17) is 0 Å². The Balaban J connectivity index is 1.33. The molecule has 8 rings (SSSR count). The van der Waals surface area contributed by atoms with Gasteiger partial charge in [-0.05, 0) is 115 Å². The van der Waals surface area contributed by atoms with Crippen molar-refractivity contribution in [2.75, 3.05) is 0 Å². The van der Waals surface area contributed by atoms with Crippen LogP contribution in [0.1, 0.15) is 81.5 Å². The molecule has 6 aromatic carbocycles. The molecule has 6 aromatic rings. The zero-order valence-electron chi connectivity index (χ0n) is 25.3. The van der Waals surface area contributed by atoms with E-state index in [1.54, 1.807) is 11.1 Å². The number of nitrogens with one attached hydrogen (secondary N) is 2. The maximum absolute atomic E-state index is 9.47. The summed E-state index contributed by atoms with van der Waals surface area (Å²) in [7, 11) is 0. The molecule has 2 N–H and O–H groups in total. The number of rotatable bonds is 3. The molecule has 2 aliphatic carbocycles. The summed E-state index contributed by atoms with van der Waals surface area (Å²) in [5.74, 6) is 1.11. The summed E-state index contributed by atoms with van der Waals surface area (Å²) in [5.41, 5.74) is 5.91. The first-order valence-electron chi connectivity index (χ1n) is 15.9. The Bertz CT molecular complexity index is 2150. The molecule has 0 saturated heterocycles. The Kier molecular flexibility index (Phi) is 5.46. The number of benzene rings is 6. The molecular formula is C40H40N2. The summed E-state index contributed by atoms with van der Waals surface area (Å²) >= 11 is 0. The maximum Gasteiger partial charge on any atom is 0.0877 e. The number of fused-ring (bicyclic) bond motifs is 5. The van der Waals surface area contributed by atoms with E-state index in [2.05, 4.69) is 100 Å². The summed E-state index contributed by atoms with van der Waals surface area (Å²) in [6.07, 6.45) is 6.86. The van der Waals surface area contributed by atoms with Crippen molar-refractivity contribution in [2.45, 2.75) is 77.6 Å². The van der Waals surface area contributed by atoms with Crippen molar-refractivity contribution in [1.29, 1.82) is 10.8 Å². The molecular weight excluding hydrogens is 508 g/mol. The average molecular weight is 549 g/mol. The van der Waals surface area contributed by atoms with Crippen LogP contribution in [0.3, 0.4) is 0 Å².